The van der Waals surface area contributed by atoms with Crippen LogP contribution in [0.1, 0.15) is 13.8 Å². The van der Waals surface area contributed by atoms with Crippen LogP contribution in [0, 0.1) is 16.7 Å². The Hall–Kier alpha value is -1.21. The number of hydrogen-bond acceptors (Lipinski definition) is 5. The van der Waals surface area contributed by atoms with Crippen LogP contribution < -0.4 is 0 Å². The van der Waals surface area contributed by atoms with Crippen molar-refractivity contribution in [3.63, 3.8) is 0 Å². The highest BCUT2D eigenvalue weighted by molar-refractivity contribution is 7.86. The molecule has 2 heterocycles. The van der Waals surface area contributed by atoms with Crippen LogP contribution in [-0.4, -0.2) is 92.1 Å². The SMILES string of the molecule is CN1CCN(S(=O)(=O)N2CCN(C(=O)C(C)(C)C#N)CC2)CC1. The summed E-state index contributed by atoms with van der Waals surface area (Å²) in [6.07, 6.45) is 0. The van der Waals surface area contributed by atoms with Crippen molar-refractivity contribution in [2.75, 3.05) is 59.4 Å². The van der Waals surface area contributed by atoms with Gasteiger partial charge >= 0.3 is 0 Å². The van der Waals surface area contributed by atoms with E-state index in [0.29, 0.717) is 26.2 Å². The summed E-state index contributed by atoms with van der Waals surface area (Å²) >= 11 is 0. The van der Waals surface area contributed by atoms with Gasteiger partial charge in [0.2, 0.25) is 5.91 Å². The molecule has 2 rings (SSSR count). The van der Waals surface area contributed by atoms with E-state index in [2.05, 4.69) is 4.90 Å². The van der Waals surface area contributed by atoms with Crippen LogP contribution in [-0.2, 0) is 15.0 Å². The summed E-state index contributed by atoms with van der Waals surface area (Å²) in [6, 6.07) is 2.00. The number of likely N-dealkylation sites (N-methyl/N-ethyl adjacent to an activating group) is 1. The topological polar surface area (TPSA) is 88.0 Å². The second-order valence-corrected chi connectivity index (χ2v) is 8.57. The normalized spacial score (nSPS) is 22.8. The fraction of sp³-hybridized carbons (Fsp3) is 0.857. The van der Waals surface area contributed by atoms with E-state index in [-0.39, 0.29) is 19.0 Å². The van der Waals surface area contributed by atoms with Crippen LogP contribution in [0.15, 0.2) is 0 Å². The molecule has 2 fully saturated rings. The molecular formula is C14H25N5O3S. The van der Waals surface area contributed by atoms with E-state index in [1.807, 2.05) is 13.1 Å². The first kappa shape index (κ1) is 18.1. The summed E-state index contributed by atoms with van der Waals surface area (Å²) in [4.78, 5) is 16.0. The Labute approximate surface area is 138 Å². The van der Waals surface area contributed by atoms with E-state index in [4.69, 9.17) is 5.26 Å². The van der Waals surface area contributed by atoms with Crippen LogP contribution in [0.2, 0.25) is 0 Å². The minimum atomic E-state index is -3.46. The molecular weight excluding hydrogens is 318 g/mol. The zero-order valence-corrected chi connectivity index (χ0v) is 14.8. The van der Waals surface area contributed by atoms with Crippen molar-refractivity contribution in [2.45, 2.75) is 13.8 Å². The molecule has 0 unspecified atom stereocenters. The van der Waals surface area contributed by atoms with E-state index >= 15 is 0 Å². The van der Waals surface area contributed by atoms with Gasteiger partial charge in [-0.15, -0.1) is 0 Å². The molecule has 0 bridgehead atoms. The van der Waals surface area contributed by atoms with Gasteiger partial charge in [0.15, 0.2) is 0 Å². The van der Waals surface area contributed by atoms with Crippen LogP contribution >= 0.6 is 0 Å². The Kier molecular flexibility index (Phi) is 5.30. The molecule has 1 amide bonds. The molecule has 2 saturated heterocycles. The lowest BCUT2D eigenvalue weighted by atomic mass is 9.93. The summed E-state index contributed by atoms with van der Waals surface area (Å²) in [7, 11) is -1.48. The predicted molar refractivity (Wildman–Crippen MR) is 85.5 cm³/mol. The second-order valence-electron chi connectivity index (χ2n) is 6.64. The number of nitrogens with zero attached hydrogens (tertiary/aromatic N) is 5. The van der Waals surface area contributed by atoms with Gasteiger partial charge < -0.3 is 9.80 Å². The van der Waals surface area contributed by atoms with Crippen molar-refractivity contribution in [2.24, 2.45) is 5.41 Å². The highest BCUT2D eigenvalue weighted by atomic mass is 32.2. The molecule has 2 aliphatic rings. The van der Waals surface area contributed by atoms with Gasteiger partial charge in [0.1, 0.15) is 5.41 Å². The number of rotatable bonds is 3. The first-order valence-corrected chi connectivity index (χ1v) is 9.22. The monoisotopic (exact) mass is 343 g/mol. The molecule has 0 spiro atoms. The molecule has 2 aliphatic heterocycles. The highest BCUT2D eigenvalue weighted by Gasteiger charge is 2.38. The smallest absolute Gasteiger partial charge is 0.282 e. The minimum absolute atomic E-state index is 0.239. The highest BCUT2D eigenvalue weighted by Crippen LogP contribution is 2.20. The maximum atomic E-state index is 12.7. The summed E-state index contributed by atoms with van der Waals surface area (Å²) in [5, 5.41) is 9.05. The number of nitriles is 1. The molecule has 23 heavy (non-hydrogen) atoms. The van der Waals surface area contributed by atoms with Crippen molar-refractivity contribution in [1.82, 2.24) is 18.4 Å². The Balaban J connectivity index is 1.96. The average molecular weight is 343 g/mol. The summed E-state index contributed by atoms with van der Waals surface area (Å²) < 4.78 is 28.3. The predicted octanol–water partition coefficient (Wildman–Crippen LogP) is -0.827. The molecule has 0 radical (unpaired) electrons. The molecule has 9 heteroatoms. The lowest BCUT2D eigenvalue weighted by Crippen LogP contribution is -2.58. The van der Waals surface area contributed by atoms with Gasteiger partial charge in [-0.3, -0.25) is 4.79 Å². The number of piperazine rings is 2. The van der Waals surface area contributed by atoms with Crippen LogP contribution in [0.5, 0.6) is 0 Å². The van der Waals surface area contributed by atoms with Gasteiger partial charge in [0.25, 0.3) is 10.2 Å². The largest absolute Gasteiger partial charge is 0.339 e. The molecule has 0 aromatic rings. The molecule has 0 N–H and O–H groups in total. The quantitative estimate of drug-likeness (QED) is 0.668. The summed E-state index contributed by atoms with van der Waals surface area (Å²) in [6.45, 7) is 6.85. The Morgan fingerprint density at radius 2 is 1.39 bits per heavy atom. The van der Waals surface area contributed by atoms with Crippen LogP contribution in [0.3, 0.4) is 0 Å². The Morgan fingerprint density at radius 3 is 1.83 bits per heavy atom. The van der Waals surface area contributed by atoms with Crippen molar-refractivity contribution in [1.29, 1.82) is 5.26 Å². The molecule has 8 nitrogen and oxygen atoms in total. The molecule has 130 valence electrons. The molecule has 0 saturated carbocycles. The third-order valence-corrected chi connectivity index (χ3v) is 6.49. The van der Waals surface area contributed by atoms with Gasteiger partial charge in [-0.2, -0.15) is 22.3 Å². The maximum Gasteiger partial charge on any atom is 0.282 e. The van der Waals surface area contributed by atoms with Gasteiger partial charge in [0.05, 0.1) is 6.07 Å². The Morgan fingerprint density at radius 1 is 0.957 bits per heavy atom. The lowest BCUT2D eigenvalue weighted by Gasteiger charge is -2.40. The van der Waals surface area contributed by atoms with Gasteiger partial charge in [-0.05, 0) is 20.9 Å². The van der Waals surface area contributed by atoms with E-state index < -0.39 is 15.6 Å². The van der Waals surface area contributed by atoms with Gasteiger partial charge in [0, 0.05) is 52.4 Å². The van der Waals surface area contributed by atoms with Crippen molar-refractivity contribution < 1.29 is 13.2 Å². The maximum absolute atomic E-state index is 12.7. The molecule has 0 aliphatic carbocycles. The standard InChI is InChI=1S/C14H25N5O3S/c1-14(2,12-15)13(20)17-6-10-19(11-7-17)23(21,22)18-8-4-16(3)5-9-18/h4-11H2,1-3H3. The zero-order chi connectivity index (χ0) is 17.3. The fourth-order valence-corrected chi connectivity index (χ4v) is 4.32. The average Bonchev–Trinajstić information content (AvgIpc) is 2.54. The van der Waals surface area contributed by atoms with Gasteiger partial charge in [-0.25, -0.2) is 0 Å². The third-order valence-electron chi connectivity index (χ3n) is 4.45. The fourth-order valence-electron chi connectivity index (χ4n) is 2.75. The second kappa shape index (κ2) is 6.73. The van der Waals surface area contributed by atoms with E-state index in [1.54, 1.807) is 18.7 Å². The van der Waals surface area contributed by atoms with Gasteiger partial charge in [-0.1, -0.05) is 0 Å². The van der Waals surface area contributed by atoms with Crippen LogP contribution in [0.25, 0.3) is 0 Å². The zero-order valence-electron chi connectivity index (χ0n) is 14.0. The van der Waals surface area contributed by atoms with Crippen molar-refractivity contribution >= 4 is 16.1 Å². The molecule has 0 atom stereocenters. The van der Waals surface area contributed by atoms with E-state index in [1.165, 1.54) is 8.61 Å². The van der Waals surface area contributed by atoms with Crippen molar-refractivity contribution in [3.8, 4) is 6.07 Å². The number of amides is 1. The first-order valence-electron chi connectivity index (χ1n) is 7.83. The minimum Gasteiger partial charge on any atom is -0.339 e. The van der Waals surface area contributed by atoms with Crippen molar-refractivity contribution in [3.05, 3.63) is 0 Å². The number of carbonyl (C=O) groups is 1. The van der Waals surface area contributed by atoms with Crippen LogP contribution in [0.4, 0.5) is 0 Å². The molecule has 0 aromatic heterocycles. The first-order chi connectivity index (χ1) is 10.7. The number of carbonyl (C=O) groups excluding carboxylic acids is 1. The third kappa shape index (κ3) is 3.83. The molecule has 0 aromatic carbocycles. The van der Waals surface area contributed by atoms with E-state index in [9.17, 15) is 13.2 Å². The Bertz CT molecular complexity index is 582. The summed E-state index contributed by atoms with van der Waals surface area (Å²) in [5.41, 5.74) is -1.07. The number of hydrogen-bond donors (Lipinski definition) is 0. The lowest BCUT2D eigenvalue weighted by molar-refractivity contribution is -0.138. The summed E-state index contributed by atoms with van der Waals surface area (Å²) in [5.74, 6) is -0.239. The van der Waals surface area contributed by atoms with E-state index in [0.717, 1.165) is 13.1 Å².